The van der Waals surface area contributed by atoms with Crippen LogP contribution < -0.4 is 0 Å². The molecule has 0 bridgehead atoms. The van der Waals surface area contributed by atoms with Crippen molar-refractivity contribution in [2.45, 2.75) is 136 Å². The molecule has 2 unspecified atom stereocenters. The average molecular weight is 497 g/mol. The first-order valence-electron chi connectivity index (χ1n) is 15.0. The number of likely N-dealkylation sites (N-methyl/N-ethyl adjacent to an activating group) is 1. The van der Waals surface area contributed by atoms with Crippen molar-refractivity contribution in [2.75, 3.05) is 53.0 Å². The Balaban J connectivity index is 2.22. The molecule has 1 saturated heterocycles. The van der Waals surface area contributed by atoms with Gasteiger partial charge in [-0.15, -0.1) is 0 Å². The Bertz CT molecular complexity index is 536. The summed E-state index contributed by atoms with van der Waals surface area (Å²) in [5.41, 5.74) is -0.853. The summed E-state index contributed by atoms with van der Waals surface area (Å²) < 4.78 is 12.6. The van der Waals surface area contributed by atoms with E-state index in [4.69, 9.17) is 9.47 Å². The number of ether oxygens (including phenoxy) is 2. The van der Waals surface area contributed by atoms with Crippen LogP contribution in [-0.2, 0) is 14.3 Å². The van der Waals surface area contributed by atoms with E-state index < -0.39 is 5.60 Å². The molecule has 0 spiro atoms. The van der Waals surface area contributed by atoms with Gasteiger partial charge in [0.05, 0.1) is 12.2 Å². The van der Waals surface area contributed by atoms with Gasteiger partial charge in [0, 0.05) is 45.8 Å². The smallest absolute Gasteiger partial charge is 0.165 e. The minimum Gasteiger partial charge on any atom is -0.375 e. The predicted molar refractivity (Wildman–Crippen MR) is 149 cm³/mol. The number of nitrogens with zero attached hydrogens (tertiary/aromatic N) is 2. The van der Waals surface area contributed by atoms with E-state index in [0.29, 0.717) is 13.0 Å². The van der Waals surface area contributed by atoms with Crippen LogP contribution >= 0.6 is 0 Å². The van der Waals surface area contributed by atoms with E-state index in [0.717, 1.165) is 65.0 Å². The zero-order chi connectivity index (χ0) is 26.0. The fourth-order valence-corrected chi connectivity index (χ4v) is 4.73. The molecule has 5 heteroatoms. The third kappa shape index (κ3) is 14.1. The molecular weight excluding hydrogens is 436 g/mol. The van der Waals surface area contributed by atoms with Crippen LogP contribution in [0.3, 0.4) is 0 Å². The molecule has 0 radical (unpaired) electrons. The first kappa shape index (κ1) is 32.5. The Morgan fingerprint density at radius 3 is 1.86 bits per heavy atom. The molecule has 2 atom stereocenters. The van der Waals surface area contributed by atoms with Gasteiger partial charge in [0.1, 0.15) is 5.60 Å². The molecule has 0 aromatic rings. The summed E-state index contributed by atoms with van der Waals surface area (Å²) in [6.07, 6.45) is 16.5. The predicted octanol–water partition coefficient (Wildman–Crippen LogP) is 6.87. The Hall–Kier alpha value is -0.490. The number of carbonyl (C=O) groups is 1. The third-order valence-electron chi connectivity index (χ3n) is 8.26. The van der Waals surface area contributed by atoms with Crippen molar-refractivity contribution in [3.8, 4) is 0 Å². The SMILES string of the molecule is CCCCCCCCCCCCOC(C)(CC)CCOC(C)(CC)C(=O)CCN1CCN(C)CC1. The Labute approximate surface area is 218 Å². The lowest BCUT2D eigenvalue weighted by Crippen LogP contribution is -2.46. The Morgan fingerprint density at radius 2 is 1.31 bits per heavy atom. The maximum absolute atomic E-state index is 13.0. The van der Waals surface area contributed by atoms with Gasteiger partial charge in [-0.25, -0.2) is 0 Å². The monoisotopic (exact) mass is 496 g/mol. The highest BCUT2D eigenvalue weighted by atomic mass is 16.5. The number of Topliss-reactive ketones (excluding diaryl/α,β-unsaturated/α-hetero) is 1. The molecule has 0 aliphatic carbocycles. The molecule has 1 aliphatic heterocycles. The molecule has 1 fully saturated rings. The van der Waals surface area contributed by atoms with Gasteiger partial charge in [-0.05, 0) is 46.6 Å². The van der Waals surface area contributed by atoms with Crippen molar-refractivity contribution in [3.63, 3.8) is 0 Å². The molecule has 1 heterocycles. The number of unbranched alkanes of at least 4 members (excludes halogenated alkanes) is 9. The van der Waals surface area contributed by atoms with Crippen LogP contribution in [0.2, 0.25) is 0 Å². The highest BCUT2D eigenvalue weighted by molar-refractivity contribution is 5.87. The van der Waals surface area contributed by atoms with Crippen molar-refractivity contribution in [1.82, 2.24) is 9.80 Å². The van der Waals surface area contributed by atoms with E-state index in [1.54, 1.807) is 0 Å². The van der Waals surface area contributed by atoms with E-state index >= 15 is 0 Å². The molecule has 5 nitrogen and oxygen atoms in total. The van der Waals surface area contributed by atoms with Gasteiger partial charge in [0.15, 0.2) is 5.78 Å². The molecule has 35 heavy (non-hydrogen) atoms. The van der Waals surface area contributed by atoms with Crippen LogP contribution in [0.1, 0.15) is 125 Å². The van der Waals surface area contributed by atoms with Crippen LogP contribution in [-0.4, -0.2) is 79.8 Å². The highest BCUT2D eigenvalue weighted by Gasteiger charge is 2.33. The largest absolute Gasteiger partial charge is 0.375 e. The van der Waals surface area contributed by atoms with E-state index in [-0.39, 0.29) is 11.4 Å². The second-order valence-corrected chi connectivity index (χ2v) is 11.3. The molecule has 0 aromatic heterocycles. The molecular formula is C30H60N2O3. The number of piperazine rings is 1. The topological polar surface area (TPSA) is 42.0 Å². The summed E-state index contributed by atoms with van der Waals surface area (Å²) in [6.45, 7) is 17.3. The van der Waals surface area contributed by atoms with Crippen LogP contribution in [0.4, 0.5) is 0 Å². The third-order valence-corrected chi connectivity index (χ3v) is 8.26. The number of rotatable bonds is 22. The van der Waals surface area contributed by atoms with Gasteiger partial charge in [-0.2, -0.15) is 0 Å². The van der Waals surface area contributed by atoms with Crippen LogP contribution in [0, 0.1) is 0 Å². The molecule has 0 saturated carbocycles. The van der Waals surface area contributed by atoms with Crippen molar-refractivity contribution < 1.29 is 14.3 Å². The van der Waals surface area contributed by atoms with Gasteiger partial charge >= 0.3 is 0 Å². The van der Waals surface area contributed by atoms with Crippen LogP contribution in [0.15, 0.2) is 0 Å². The molecule has 208 valence electrons. The maximum atomic E-state index is 13.0. The van der Waals surface area contributed by atoms with Gasteiger partial charge in [-0.3, -0.25) is 4.79 Å². The van der Waals surface area contributed by atoms with Crippen molar-refractivity contribution >= 4 is 5.78 Å². The van der Waals surface area contributed by atoms with Gasteiger partial charge in [0.25, 0.3) is 0 Å². The van der Waals surface area contributed by atoms with E-state index in [1.165, 1.54) is 57.8 Å². The molecule has 1 aliphatic rings. The average Bonchev–Trinajstić information content (AvgIpc) is 2.86. The molecule has 0 N–H and O–H groups in total. The Morgan fingerprint density at radius 1 is 0.743 bits per heavy atom. The minimum absolute atomic E-state index is 0.170. The summed E-state index contributed by atoms with van der Waals surface area (Å²) >= 11 is 0. The van der Waals surface area contributed by atoms with Crippen molar-refractivity contribution in [1.29, 1.82) is 0 Å². The van der Waals surface area contributed by atoms with Crippen LogP contribution in [0.5, 0.6) is 0 Å². The fraction of sp³-hybridized carbons (Fsp3) is 0.967. The number of carbonyl (C=O) groups excluding carboxylic acids is 1. The van der Waals surface area contributed by atoms with Crippen molar-refractivity contribution in [3.05, 3.63) is 0 Å². The van der Waals surface area contributed by atoms with E-state index in [1.807, 2.05) is 6.92 Å². The lowest BCUT2D eigenvalue weighted by Gasteiger charge is -2.34. The minimum atomic E-state index is -0.683. The Kier molecular flexibility index (Phi) is 17.4. The second-order valence-electron chi connectivity index (χ2n) is 11.3. The van der Waals surface area contributed by atoms with Gasteiger partial charge < -0.3 is 19.3 Å². The first-order valence-corrected chi connectivity index (χ1v) is 15.0. The highest BCUT2D eigenvalue weighted by Crippen LogP contribution is 2.25. The number of ketones is 1. The lowest BCUT2D eigenvalue weighted by atomic mass is 9.94. The first-order chi connectivity index (χ1) is 16.8. The van der Waals surface area contributed by atoms with Crippen LogP contribution in [0.25, 0.3) is 0 Å². The normalized spacial score (nSPS) is 18.9. The molecule has 0 aromatic carbocycles. The molecule has 1 rings (SSSR count). The van der Waals surface area contributed by atoms with Crippen molar-refractivity contribution in [2.24, 2.45) is 0 Å². The zero-order valence-electron chi connectivity index (χ0n) is 24.5. The van der Waals surface area contributed by atoms with Gasteiger partial charge in [-0.1, -0.05) is 78.6 Å². The lowest BCUT2D eigenvalue weighted by molar-refractivity contribution is -0.147. The summed E-state index contributed by atoms with van der Waals surface area (Å²) in [5.74, 6) is 0.239. The summed E-state index contributed by atoms with van der Waals surface area (Å²) in [7, 11) is 2.16. The standard InChI is InChI=1S/C30H60N2O3/c1-7-10-11-12-13-14-15-16-17-18-26-34-29(4,8-2)20-27-35-30(5,9-3)28(33)19-21-32-24-22-31(6)23-25-32/h7-27H2,1-6H3. The quantitative estimate of drug-likeness (QED) is 0.153. The van der Waals surface area contributed by atoms with Gasteiger partial charge in [0.2, 0.25) is 0 Å². The maximum Gasteiger partial charge on any atom is 0.165 e. The summed E-state index contributed by atoms with van der Waals surface area (Å²) in [5, 5.41) is 0. The summed E-state index contributed by atoms with van der Waals surface area (Å²) in [4.78, 5) is 17.8. The fourth-order valence-electron chi connectivity index (χ4n) is 4.73. The second kappa shape index (κ2) is 18.7. The number of hydrogen-bond acceptors (Lipinski definition) is 5. The zero-order valence-corrected chi connectivity index (χ0v) is 24.5. The number of hydrogen-bond donors (Lipinski definition) is 0. The molecule has 0 amide bonds. The van der Waals surface area contributed by atoms with E-state index in [9.17, 15) is 4.79 Å². The summed E-state index contributed by atoms with van der Waals surface area (Å²) in [6, 6.07) is 0. The van der Waals surface area contributed by atoms with E-state index in [2.05, 4.69) is 44.5 Å².